The molecule has 0 spiro atoms. The third-order valence-corrected chi connectivity index (χ3v) is 9.30. The molecule has 0 unspecified atom stereocenters. The van der Waals surface area contributed by atoms with Gasteiger partial charge in [0.15, 0.2) is 0 Å². The van der Waals surface area contributed by atoms with Crippen molar-refractivity contribution >= 4 is 11.9 Å². The van der Waals surface area contributed by atoms with Crippen LogP contribution in [0.15, 0.2) is 66.7 Å². The van der Waals surface area contributed by atoms with Crippen molar-refractivity contribution in [2.75, 3.05) is 0 Å². The summed E-state index contributed by atoms with van der Waals surface area (Å²) in [5, 5.41) is 9.90. The third kappa shape index (κ3) is 6.13. The molecule has 1 saturated carbocycles. The number of amides is 1. The lowest BCUT2D eigenvalue weighted by Crippen LogP contribution is -2.57. The van der Waals surface area contributed by atoms with Gasteiger partial charge in [0.2, 0.25) is 5.91 Å². The van der Waals surface area contributed by atoms with E-state index >= 15 is 0 Å². The Labute approximate surface area is 266 Å². The average molecular weight is 636 g/mol. The highest BCUT2D eigenvalue weighted by Crippen LogP contribution is 2.52. The predicted octanol–water partition coefficient (Wildman–Crippen LogP) is 8.16. The normalized spacial score (nSPS) is 18.0. The Balaban J connectivity index is 1.46. The zero-order chi connectivity index (χ0) is 33.7. The van der Waals surface area contributed by atoms with Gasteiger partial charge < -0.3 is 10.5 Å². The number of fused-ring (bicyclic) bond motifs is 1. The quantitative estimate of drug-likeness (QED) is 0.169. The van der Waals surface area contributed by atoms with Crippen LogP contribution in [0.25, 0.3) is 22.3 Å². The second-order valence-corrected chi connectivity index (χ2v) is 12.9. The number of primary amides is 1. The number of hydrogen-bond acceptors (Lipinski definition) is 5. The molecule has 0 aromatic heterocycles. The first-order chi connectivity index (χ1) is 21.6. The van der Waals surface area contributed by atoms with Gasteiger partial charge in [-0.2, -0.15) is 18.4 Å². The molecule has 1 fully saturated rings. The average Bonchev–Trinajstić information content (AvgIpc) is 3.75. The number of esters is 1. The molecule has 2 N–H and O–H groups in total. The largest absolute Gasteiger partial charge is 0.451 e. The number of cyclic esters (lactones) is 1. The number of nitriles is 1. The summed E-state index contributed by atoms with van der Waals surface area (Å²) in [6.07, 6.45) is -3.94. The van der Waals surface area contributed by atoms with Crippen molar-refractivity contribution in [3.63, 3.8) is 0 Å². The number of halogens is 4. The summed E-state index contributed by atoms with van der Waals surface area (Å²) < 4.78 is 64.9. The van der Waals surface area contributed by atoms with Crippen molar-refractivity contribution in [1.29, 1.82) is 5.26 Å². The molecule has 6 nitrogen and oxygen atoms in total. The van der Waals surface area contributed by atoms with Crippen LogP contribution in [-0.2, 0) is 15.1 Å². The molecule has 242 valence electrons. The van der Waals surface area contributed by atoms with Crippen LogP contribution in [0.4, 0.5) is 17.6 Å². The fraction of sp³-hybridized carbons (Fsp3) is 0.417. The minimum absolute atomic E-state index is 0.114. The Bertz CT molecular complexity index is 1660. The van der Waals surface area contributed by atoms with Crippen LogP contribution in [0.5, 0.6) is 0 Å². The van der Waals surface area contributed by atoms with Crippen LogP contribution in [0, 0.1) is 11.3 Å². The van der Waals surface area contributed by atoms with Crippen molar-refractivity contribution in [3.05, 3.63) is 83.4 Å². The standard InChI is InChI=1S/C36H37F4N3O3/c1-5-35(6-2)28-19-26(15-16-27(28)32(45)46-35)24-9-7-22(8-10-24)23-11-13-25(14-12-23)30(36(38,39)40)43(34(21-41)17-18-34)29(31(42)44)20-33(3,4)37/h7-16,19,29-30H,5-6,17-18,20H2,1-4H3,(H2,42,44)/t29-,30-/m0/s1. The molecular weight excluding hydrogens is 598 g/mol. The lowest BCUT2D eigenvalue weighted by molar-refractivity contribution is -0.201. The van der Waals surface area contributed by atoms with Gasteiger partial charge in [0, 0.05) is 12.0 Å². The fourth-order valence-corrected chi connectivity index (χ4v) is 6.63. The van der Waals surface area contributed by atoms with Crippen LogP contribution in [-0.4, -0.2) is 40.2 Å². The molecule has 5 rings (SSSR count). The summed E-state index contributed by atoms with van der Waals surface area (Å²) in [7, 11) is 0. The summed E-state index contributed by atoms with van der Waals surface area (Å²) in [5.74, 6) is -1.44. The number of benzene rings is 3. The van der Waals surface area contributed by atoms with Crippen LogP contribution >= 0.6 is 0 Å². The number of carbonyl (C=O) groups is 2. The molecule has 0 radical (unpaired) electrons. The molecule has 3 aromatic carbocycles. The van der Waals surface area contributed by atoms with Crippen LogP contribution in [0.1, 0.15) is 87.3 Å². The molecule has 46 heavy (non-hydrogen) atoms. The summed E-state index contributed by atoms with van der Waals surface area (Å²) in [5.41, 5.74) is 5.80. The van der Waals surface area contributed by atoms with Crippen LogP contribution in [0.3, 0.4) is 0 Å². The Hall–Kier alpha value is -4.23. The van der Waals surface area contributed by atoms with Gasteiger partial charge in [-0.1, -0.05) is 68.4 Å². The first kappa shape index (κ1) is 33.1. The van der Waals surface area contributed by atoms with Crippen molar-refractivity contribution < 1.29 is 31.9 Å². The molecule has 1 aliphatic heterocycles. The predicted molar refractivity (Wildman–Crippen MR) is 166 cm³/mol. The lowest BCUT2D eigenvalue weighted by Gasteiger charge is -2.42. The molecule has 3 aromatic rings. The summed E-state index contributed by atoms with van der Waals surface area (Å²) in [6.45, 7) is 6.31. The van der Waals surface area contributed by atoms with Gasteiger partial charge in [0.1, 0.15) is 22.9 Å². The van der Waals surface area contributed by atoms with E-state index in [2.05, 4.69) is 0 Å². The molecule has 10 heteroatoms. The number of carbonyl (C=O) groups excluding carboxylic acids is 2. The molecule has 2 atom stereocenters. The van der Waals surface area contributed by atoms with Crippen molar-refractivity contribution in [3.8, 4) is 28.3 Å². The molecule has 1 heterocycles. The molecular formula is C36H37F4N3O3. The minimum Gasteiger partial charge on any atom is -0.451 e. The van der Waals surface area contributed by atoms with Gasteiger partial charge in [-0.3, -0.25) is 9.69 Å². The maximum Gasteiger partial charge on any atom is 0.408 e. The Morgan fingerprint density at radius 1 is 0.935 bits per heavy atom. The minimum atomic E-state index is -4.89. The fourth-order valence-electron chi connectivity index (χ4n) is 6.63. The van der Waals surface area contributed by atoms with Gasteiger partial charge in [0.05, 0.1) is 17.7 Å². The van der Waals surface area contributed by atoms with Gasteiger partial charge in [0.25, 0.3) is 0 Å². The van der Waals surface area contributed by atoms with E-state index in [-0.39, 0.29) is 24.4 Å². The van der Waals surface area contributed by atoms with Crippen LogP contribution < -0.4 is 5.73 Å². The van der Waals surface area contributed by atoms with E-state index in [1.807, 2.05) is 56.3 Å². The van der Waals surface area contributed by atoms with Gasteiger partial charge in [-0.05, 0) is 79.5 Å². The van der Waals surface area contributed by atoms with E-state index in [1.165, 1.54) is 26.0 Å². The summed E-state index contributed by atoms with van der Waals surface area (Å²) in [6, 6.07) is 16.9. The van der Waals surface area contributed by atoms with E-state index in [0.717, 1.165) is 27.2 Å². The van der Waals surface area contributed by atoms with E-state index in [1.54, 1.807) is 18.2 Å². The number of nitrogens with two attached hydrogens (primary N) is 1. The maximum atomic E-state index is 14.8. The van der Waals surface area contributed by atoms with E-state index in [0.29, 0.717) is 24.0 Å². The number of ether oxygens (including phenoxy) is 1. The molecule has 0 saturated heterocycles. The molecule has 1 amide bonds. The highest BCUT2D eigenvalue weighted by atomic mass is 19.4. The Morgan fingerprint density at radius 2 is 1.43 bits per heavy atom. The lowest BCUT2D eigenvalue weighted by atomic mass is 9.85. The first-order valence-electron chi connectivity index (χ1n) is 15.4. The van der Waals surface area contributed by atoms with Crippen molar-refractivity contribution in [2.24, 2.45) is 5.73 Å². The van der Waals surface area contributed by atoms with E-state index < -0.39 is 47.4 Å². The third-order valence-electron chi connectivity index (χ3n) is 9.30. The Kier molecular flexibility index (Phi) is 8.54. The van der Waals surface area contributed by atoms with Gasteiger partial charge in [-0.25, -0.2) is 9.18 Å². The van der Waals surface area contributed by atoms with Gasteiger partial charge in [-0.15, -0.1) is 0 Å². The zero-order valence-corrected chi connectivity index (χ0v) is 26.2. The topological polar surface area (TPSA) is 96.4 Å². The second kappa shape index (κ2) is 11.8. The molecule has 0 bridgehead atoms. The maximum absolute atomic E-state index is 14.8. The summed E-state index contributed by atoms with van der Waals surface area (Å²) in [4.78, 5) is 25.7. The zero-order valence-electron chi connectivity index (χ0n) is 26.2. The SMILES string of the molecule is CCC1(CC)OC(=O)c2ccc(-c3ccc(-c4ccc([C@H](N([C@@H](CC(C)(C)F)C(N)=O)C5(C#N)CC5)C(F)(F)F)cc4)cc3)cc21. The first-order valence-corrected chi connectivity index (χ1v) is 15.4. The van der Waals surface area contributed by atoms with Crippen LogP contribution in [0.2, 0.25) is 0 Å². The number of nitrogens with zero attached hydrogens (tertiary/aromatic N) is 2. The van der Waals surface area contributed by atoms with Crippen molar-refractivity contribution in [2.45, 2.75) is 94.9 Å². The monoisotopic (exact) mass is 635 g/mol. The number of alkyl halides is 4. The molecule has 2 aliphatic rings. The smallest absolute Gasteiger partial charge is 0.408 e. The Morgan fingerprint density at radius 3 is 1.87 bits per heavy atom. The van der Waals surface area contributed by atoms with Crippen molar-refractivity contribution in [1.82, 2.24) is 4.90 Å². The highest BCUT2D eigenvalue weighted by molar-refractivity contribution is 5.95. The highest BCUT2D eigenvalue weighted by Gasteiger charge is 2.61. The molecule has 1 aliphatic carbocycles. The number of hydrogen-bond donors (Lipinski definition) is 1. The van der Waals surface area contributed by atoms with E-state index in [4.69, 9.17) is 10.5 Å². The van der Waals surface area contributed by atoms with E-state index in [9.17, 15) is 32.4 Å². The summed E-state index contributed by atoms with van der Waals surface area (Å²) >= 11 is 0. The van der Waals surface area contributed by atoms with Gasteiger partial charge >= 0.3 is 12.1 Å². The second-order valence-electron chi connectivity index (χ2n) is 12.9. The number of rotatable bonds is 11.